The van der Waals surface area contributed by atoms with Gasteiger partial charge in [0.05, 0.1) is 17.8 Å². The lowest BCUT2D eigenvalue weighted by molar-refractivity contribution is 0.479. The topological polar surface area (TPSA) is 42.3 Å². The molecule has 2 atom stereocenters. The molecule has 0 spiro atoms. The van der Waals surface area contributed by atoms with Crippen LogP contribution in [0.4, 0.5) is 5.69 Å². The first-order chi connectivity index (χ1) is 19.9. The van der Waals surface area contributed by atoms with Gasteiger partial charge in [-0.3, -0.25) is 4.98 Å². The summed E-state index contributed by atoms with van der Waals surface area (Å²) < 4.78 is 8.52. The third-order valence-corrected chi connectivity index (χ3v) is 8.24. The van der Waals surface area contributed by atoms with Crippen LogP contribution in [0, 0.1) is 20.8 Å². The Morgan fingerprint density at radius 1 is 0.854 bits per heavy atom. The fraction of sp³-hybridized carbons (Fsp3) is 0.200. The largest absolute Gasteiger partial charge is 0.457 e. The lowest BCUT2D eigenvalue weighted by Crippen LogP contribution is -2.29. The monoisotopic (exact) mass is 558 g/mol. The van der Waals surface area contributed by atoms with E-state index in [-0.39, 0.29) is 12.1 Å². The van der Waals surface area contributed by atoms with Crippen LogP contribution in [0.5, 0.6) is 11.5 Å². The molecule has 5 nitrogen and oxygen atoms in total. The number of hydrogen-bond donors (Lipinski definition) is 1. The van der Waals surface area contributed by atoms with Crippen molar-refractivity contribution in [3.05, 3.63) is 137 Å². The highest BCUT2D eigenvalue weighted by Crippen LogP contribution is 2.44. The summed E-state index contributed by atoms with van der Waals surface area (Å²) in [6.45, 7) is 8.60. The van der Waals surface area contributed by atoms with Gasteiger partial charge in [-0.2, -0.15) is 0 Å². The summed E-state index contributed by atoms with van der Waals surface area (Å²) in [5.41, 5.74) is 9.13. The van der Waals surface area contributed by atoms with Gasteiger partial charge in [0.15, 0.2) is 5.11 Å². The maximum atomic E-state index is 6.18. The average Bonchev–Trinajstić information content (AvgIpc) is 3.49. The molecule has 206 valence electrons. The van der Waals surface area contributed by atoms with Crippen LogP contribution in [-0.2, 0) is 6.42 Å². The van der Waals surface area contributed by atoms with Gasteiger partial charge < -0.3 is 19.5 Å². The van der Waals surface area contributed by atoms with Crippen molar-refractivity contribution >= 4 is 23.0 Å². The minimum atomic E-state index is -0.108. The zero-order valence-electron chi connectivity index (χ0n) is 23.8. The molecule has 0 amide bonds. The second-order valence-electron chi connectivity index (χ2n) is 10.5. The quantitative estimate of drug-likeness (QED) is 0.203. The third kappa shape index (κ3) is 5.11. The minimum absolute atomic E-state index is 0.0876. The van der Waals surface area contributed by atoms with E-state index in [1.54, 1.807) is 0 Å². The number of nitrogens with one attached hydrogen (secondary N) is 1. The van der Waals surface area contributed by atoms with Crippen molar-refractivity contribution < 1.29 is 4.74 Å². The summed E-state index contributed by atoms with van der Waals surface area (Å²) in [7, 11) is 0. The van der Waals surface area contributed by atoms with E-state index < -0.39 is 0 Å². The van der Waals surface area contributed by atoms with E-state index in [1.165, 1.54) is 22.5 Å². The summed E-state index contributed by atoms with van der Waals surface area (Å²) in [5.74, 6) is 1.64. The van der Waals surface area contributed by atoms with Gasteiger partial charge in [0.1, 0.15) is 11.5 Å². The van der Waals surface area contributed by atoms with E-state index in [1.807, 2.05) is 48.7 Å². The fourth-order valence-electron chi connectivity index (χ4n) is 5.79. The van der Waals surface area contributed by atoms with E-state index in [9.17, 15) is 0 Å². The summed E-state index contributed by atoms with van der Waals surface area (Å²) in [5, 5.41) is 4.27. The Bertz CT molecular complexity index is 1680. The van der Waals surface area contributed by atoms with Gasteiger partial charge in [-0.15, -0.1) is 0 Å². The van der Waals surface area contributed by atoms with Crippen molar-refractivity contribution in [2.75, 3.05) is 4.90 Å². The number of rotatable bonds is 7. The summed E-state index contributed by atoms with van der Waals surface area (Å²) >= 11 is 5.98. The number of nitrogens with zero attached hydrogens (tertiary/aromatic N) is 3. The first kappa shape index (κ1) is 26.8. The Kier molecular flexibility index (Phi) is 7.33. The minimum Gasteiger partial charge on any atom is -0.457 e. The molecule has 0 unspecified atom stereocenters. The van der Waals surface area contributed by atoms with Crippen LogP contribution in [0.15, 0.2) is 103 Å². The molecule has 3 heterocycles. The first-order valence-corrected chi connectivity index (χ1v) is 14.5. The number of pyridine rings is 1. The molecule has 3 aromatic carbocycles. The highest BCUT2D eigenvalue weighted by molar-refractivity contribution is 7.80. The predicted octanol–water partition coefficient (Wildman–Crippen LogP) is 8.33. The number of thiocarbonyl (C=S) groups is 1. The van der Waals surface area contributed by atoms with Crippen molar-refractivity contribution in [1.82, 2.24) is 14.9 Å². The Morgan fingerprint density at radius 3 is 2.24 bits per heavy atom. The van der Waals surface area contributed by atoms with E-state index in [2.05, 4.69) is 97.1 Å². The molecule has 1 aliphatic heterocycles. The van der Waals surface area contributed by atoms with Gasteiger partial charge >= 0.3 is 0 Å². The molecule has 1 saturated heterocycles. The molecular formula is C35H34N4OS. The molecule has 41 heavy (non-hydrogen) atoms. The highest BCUT2D eigenvalue weighted by atomic mass is 32.1. The zero-order valence-corrected chi connectivity index (χ0v) is 24.7. The predicted molar refractivity (Wildman–Crippen MR) is 170 cm³/mol. The smallest absolute Gasteiger partial charge is 0.174 e. The van der Waals surface area contributed by atoms with Crippen LogP contribution in [-0.4, -0.2) is 14.7 Å². The molecule has 5 aromatic rings. The number of benzene rings is 3. The third-order valence-electron chi connectivity index (χ3n) is 7.93. The van der Waals surface area contributed by atoms with Crippen molar-refractivity contribution in [1.29, 1.82) is 0 Å². The second kappa shape index (κ2) is 11.2. The van der Waals surface area contributed by atoms with Crippen LogP contribution < -0.4 is 15.0 Å². The van der Waals surface area contributed by atoms with E-state index in [0.29, 0.717) is 5.11 Å². The number of aromatic nitrogens is 2. The zero-order chi connectivity index (χ0) is 28.5. The average molecular weight is 559 g/mol. The van der Waals surface area contributed by atoms with Crippen LogP contribution in [0.2, 0.25) is 0 Å². The van der Waals surface area contributed by atoms with Crippen molar-refractivity contribution in [3.63, 3.8) is 0 Å². The van der Waals surface area contributed by atoms with Crippen LogP contribution in [0.25, 0.3) is 5.69 Å². The molecule has 1 fully saturated rings. The molecule has 6 heteroatoms. The van der Waals surface area contributed by atoms with Gasteiger partial charge in [0.25, 0.3) is 0 Å². The van der Waals surface area contributed by atoms with Crippen LogP contribution in [0.3, 0.4) is 0 Å². The summed E-state index contributed by atoms with van der Waals surface area (Å²) in [6, 6.07) is 33.2. The molecule has 1 aliphatic rings. The number of para-hydroxylation sites is 1. The second-order valence-corrected chi connectivity index (χ2v) is 10.9. The van der Waals surface area contributed by atoms with Gasteiger partial charge in [0.2, 0.25) is 0 Å². The number of ether oxygens (including phenoxy) is 1. The van der Waals surface area contributed by atoms with Gasteiger partial charge in [0, 0.05) is 29.0 Å². The molecule has 0 bridgehead atoms. The molecule has 1 N–H and O–H groups in total. The molecular weight excluding hydrogens is 524 g/mol. The molecule has 0 saturated carbocycles. The fourth-order valence-corrected chi connectivity index (χ4v) is 6.13. The Hall–Kier alpha value is -4.42. The Morgan fingerprint density at radius 2 is 1.56 bits per heavy atom. The maximum Gasteiger partial charge on any atom is 0.174 e. The summed E-state index contributed by atoms with van der Waals surface area (Å²) in [6.07, 6.45) is 2.87. The lowest BCUT2D eigenvalue weighted by atomic mass is 9.96. The summed E-state index contributed by atoms with van der Waals surface area (Å²) in [4.78, 5) is 6.95. The highest BCUT2D eigenvalue weighted by Gasteiger charge is 2.42. The number of anilines is 1. The van der Waals surface area contributed by atoms with Crippen LogP contribution >= 0.6 is 12.2 Å². The van der Waals surface area contributed by atoms with E-state index >= 15 is 0 Å². The van der Waals surface area contributed by atoms with Crippen molar-refractivity contribution in [3.8, 4) is 17.2 Å². The van der Waals surface area contributed by atoms with Gasteiger partial charge in [-0.1, -0.05) is 43.3 Å². The number of aryl methyl sites for hydroxylation is 3. The Labute approximate surface area is 247 Å². The molecule has 6 rings (SSSR count). The van der Waals surface area contributed by atoms with Crippen LogP contribution in [0.1, 0.15) is 52.8 Å². The van der Waals surface area contributed by atoms with E-state index in [0.717, 1.165) is 40.6 Å². The lowest BCUT2D eigenvalue weighted by Gasteiger charge is -2.28. The molecule has 2 aromatic heterocycles. The molecule has 0 aliphatic carbocycles. The normalized spacial score (nSPS) is 16.6. The number of hydrogen-bond acceptors (Lipinski definition) is 3. The maximum absolute atomic E-state index is 6.18. The Balaban J connectivity index is 1.40. The van der Waals surface area contributed by atoms with Crippen molar-refractivity contribution in [2.45, 2.75) is 46.2 Å². The van der Waals surface area contributed by atoms with E-state index in [4.69, 9.17) is 21.9 Å². The van der Waals surface area contributed by atoms with Gasteiger partial charge in [-0.25, -0.2) is 0 Å². The van der Waals surface area contributed by atoms with Gasteiger partial charge in [-0.05, 0) is 117 Å². The molecule has 0 radical (unpaired) electrons. The van der Waals surface area contributed by atoms with Crippen molar-refractivity contribution in [2.24, 2.45) is 0 Å². The first-order valence-electron chi connectivity index (χ1n) is 14.1. The standard InChI is InChI=1S/C35H34N4OS/c1-5-26-13-15-27(16-14-26)38-24(3)22-30(25(38)4)34-33(31-11-8-9-21-36-31)37-35(41)39(34)28-17-19-29(20-18-28)40-32-12-7-6-10-23(32)2/h6-22,33-34H,5H2,1-4H3,(H,37,41)/t33-,34-/m0/s1. The SMILES string of the molecule is CCc1ccc(-n2c(C)cc([C@H]3[C@H](c4ccccn4)NC(=S)N3c3ccc(Oc4ccccc4C)cc3)c2C)cc1.